The van der Waals surface area contributed by atoms with Crippen LogP contribution in [-0.4, -0.2) is 30.8 Å². The largest absolute Gasteiger partial charge is 0.351 e. The van der Waals surface area contributed by atoms with E-state index in [1.807, 2.05) is 47.5 Å². The Bertz CT molecular complexity index is 1060. The number of nitrogens with zero attached hydrogens (tertiary/aromatic N) is 5. The maximum atomic E-state index is 4.66. The summed E-state index contributed by atoms with van der Waals surface area (Å²) in [6.07, 6.45) is 10.1. The van der Waals surface area contributed by atoms with E-state index in [9.17, 15) is 0 Å². The van der Waals surface area contributed by atoms with Crippen LogP contribution in [0.3, 0.4) is 0 Å². The van der Waals surface area contributed by atoms with Gasteiger partial charge < -0.3 is 5.32 Å². The van der Waals surface area contributed by atoms with E-state index in [1.165, 1.54) is 11.1 Å². The summed E-state index contributed by atoms with van der Waals surface area (Å²) in [5.41, 5.74) is 5.20. The highest BCUT2D eigenvalue weighted by Crippen LogP contribution is 2.19. The summed E-state index contributed by atoms with van der Waals surface area (Å²) in [5.74, 6) is 0.609. The van der Waals surface area contributed by atoms with E-state index in [2.05, 4.69) is 57.4 Å². The van der Waals surface area contributed by atoms with Crippen molar-refractivity contribution in [3.05, 3.63) is 84.6 Å². The van der Waals surface area contributed by atoms with Gasteiger partial charge in [-0.3, -0.25) is 4.98 Å². The van der Waals surface area contributed by atoms with Crippen LogP contribution in [-0.2, 0) is 6.42 Å². The van der Waals surface area contributed by atoms with Gasteiger partial charge in [0.05, 0.1) is 17.6 Å². The first kappa shape index (κ1) is 17.9. The summed E-state index contributed by atoms with van der Waals surface area (Å²) in [7, 11) is 0. The third-order valence-electron chi connectivity index (χ3n) is 4.44. The number of benzene rings is 1. The lowest BCUT2D eigenvalue weighted by molar-refractivity contribution is 0.774. The minimum Gasteiger partial charge on any atom is -0.351 e. The molecule has 3 heterocycles. The number of hydrogen-bond acceptors (Lipinski definition) is 5. The molecule has 0 spiro atoms. The fourth-order valence-electron chi connectivity index (χ4n) is 3.10. The molecule has 0 saturated carbocycles. The van der Waals surface area contributed by atoms with Gasteiger partial charge in [0, 0.05) is 36.4 Å². The fraction of sp³-hybridized carbons (Fsp3) is 0.182. The first-order chi connectivity index (χ1) is 13.7. The Hall–Kier alpha value is -3.54. The zero-order valence-corrected chi connectivity index (χ0v) is 15.9. The monoisotopic (exact) mass is 370 g/mol. The first-order valence-corrected chi connectivity index (χ1v) is 9.28. The normalized spacial score (nSPS) is 11.9. The zero-order chi connectivity index (χ0) is 19.3. The second kappa shape index (κ2) is 8.00. The van der Waals surface area contributed by atoms with Crippen LogP contribution in [0.15, 0.2) is 73.4 Å². The van der Waals surface area contributed by atoms with Crippen molar-refractivity contribution in [1.82, 2.24) is 24.7 Å². The van der Waals surface area contributed by atoms with E-state index >= 15 is 0 Å². The molecule has 0 aliphatic carbocycles. The molecule has 0 fully saturated rings. The molecular formula is C22H22N6. The van der Waals surface area contributed by atoms with Crippen LogP contribution in [0.1, 0.15) is 18.1 Å². The average molecular weight is 370 g/mol. The molecule has 1 unspecified atom stereocenters. The molecule has 1 atom stereocenters. The van der Waals surface area contributed by atoms with Crippen LogP contribution in [0.25, 0.3) is 16.9 Å². The highest BCUT2D eigenvalue weighted by Gasteiger charge is 2.09. The van der Waals surface area contributed by atoms with Gasteiger partial charge >= 0.3 is 0 Å². The molecule has 0 aliphatic heterocycles. The molecule has 0 bridgehead atoms. The van der Waals surface area contributed by atoms with E-state index in [0.717, 1.165) is 23.4 Å². The lowest BCUT2D eigenvalue weighted by atomic mass is 10.1. The number of anilines is 1. The van der Waals surface area contributed by atoms with E-state index in [1.54, 1.807) is 12.4 Å². The van der Waals surface area contributed by atoms with E-state index in [0.29, 0.717) is 5.95 Å². The van der Waals surface area contributed by atoms with Gasteiger partial charge in [0.1, 0.15) is 0 Å². The predicted molar refractivity (Wildman–Crippen MR) is 110 cm³/mol. The van der Waals surface area contributed by atoms with Crippen LogP contribution in [0.5, 0.6) is 0 Å². The number of aryl methyl sites for hydroxylation is 1. The number of pyridine rings is 1. The summed E-state index contributed by atoms with van der Waals surface area (Å²) in [6, 6.07) is 14.3. The molecule has 6 heteroatoms. The highest BCUT2D eigenvalue weighted by atomic mass is 15.3. The Balaban J connectivity index is 1.49. The quantitative estimate of drug-likeness (QED) is 0.554. The van der Waals surface area contributed by atoms with Crippen molar-refractivity contribution >= 4 is 5.95 Å². The predicted octanol–water partition coefficient (Wildman–Crippen LogP) is 4.08. The summed E-state index contributed by atoms with van der Waals surface area (Å²) in [6.45, 7) is 4.18. The minimum absolute atomic E-state index is 0.189. The molecule has 4 rings (SSSR count). The van der Waals surface area contributed by atoms with Gasteiger partial charge in [-0.05, 0) is 55.7 Å². The SMILES string of the molecule is Cc1cccc(-n2cc(-c3ccnc(NC(C)Cc4cccnc4)n3)cn2)c1. The lowest BCUT2D eigenvalue weighted by Crippen LogP contribution is -2.19. The standard InChI is InChI=1S/C22H22N6/c1-16-5-3-7-20(11-16)28-15-19(14-25-28)21-8-10-24-22(27-21)26-17(2)12-18-6-4-9-23-13-18/h3-11,13-15,17H,12H2,1-2H3,(H,24,26,27). The van der Waals surface area contributed by atoms with Crippen molar-refractivity contribution in [3.63, 3.8) is 0 Å². The van der Waals surface area contributed by atoms with Crippen molar-refractivity contribution < 1.29 is 0 Å². The Morgan fingerprint density at radius 3 is 2.82 bits per heavy atom. The fourth-order valence-corrected chi connectivity index (χ4v) is 3.10. The van der Waals surface area contributed by atoms with E-state index in [4.69, 9.17) is 0 Å². The number of rotatable bonds is 6. The van der Waals surface area contributed by atoms with Crippen LogP contribution in [0.4, 0.5) is 5.95 Å². The topological polar surface area (TPSA) is 68.5 Å². The molecule has 1 aromatic carbocycles. The average Bonchev–Trinajstić information content (AvgIpc) is 3.19. The van der Waals surface area contributed by atoms with Gasteiger partial charge in [-0.2, -0.15) is 5.10 Å². The molecule has 3 aromatic heterocycles. The number of nitrogens with one attached hydrogen (secondary N) is 1. The maximum Gasteiger partial charge on any atom is 0.223 e. The maximum absolute atomic E-state index is 4.66. The van der Waals surface area contributed by atoms with Gasteiger partial charge in [0.15, 0.2) is 0 Å². The molecule has 28 heavy (non-hydrogen) atoms. The smallest absolute Gasteiger partial charge is 0.223 e. The van der Waals surface area contributed by atoms with Gasteiger partial charge in [-0.1, -0.05) is 18.2 Å². The van der Waals surface area contributed by atoms with Crippen molar-refractivity contribution in [2.75, 3.05) is 5.32 Å². The van der Waals surface area contributed by atoms with Crippen molar-refractivity contribution in [2.45, 2.75) is 26.3 Å². The molecule has 4 aromatic rings. The van der Waals surface area contributed by atoms with Gasteiger partial charge in [-0.15, -0.1) is 0 Å². The van der Waals surface area contributed by atoms with Gasteiger partial charge in [0.2, 0.25) is 5.95 Å². The lowest BCUT2D eigenvalue weighted by Gasteiger charge is -2.13. The first-order valence-electron chi connectivity index (χ1n) is 9.28. The van der Waals surface area contributed by atoms with Gasteiger partial charge in [-0.25, -0.2) is 14.6 Å². The molecule has 0 radical (unpaired) electrons. The Morgan fingerprint density at radius 2 is 2.00 bits per heavy atom. The summed E-state index contributed by atoms with van der Waals surface area (Å²) in [5, 5.41) is 7.85. The molecular weight excluding hydrogens is 348 g/mol. The second-order valence-electron chi connectivity index (χ2n) is 6.89. The molecule has 0 aliphatic rings. The molecule has 1 N–H and O–H groups in total. The van der Waals surface area contributed by atoms with Crippen molar-refractivity contribution in [3.8, 4) is 16.9 Å². The summed E-state index contributed by atoms with van der Waals surface area (Å²) < 4.78 is 1.86. The Morgan fingerprint density at radius 1 is 1.07 bits per heavy atom. The zero-order valence-electron chi connectivity index (χ0n) is 15.9. The third kappa shape index (κ3) is 4.23. The van der Waals surface area contributed by atoms with E-state index < -0.39 is 0 Å². The molecule has 0 saturated heterocycles. The molecule has 0 amide bonds. The Labute approximate surface area is 164 Å². The molecule has 140 valence electrons. The van der Waals surface area contributed by atoms with E-state index in [-0.39, 0.29) is 6.04 Å². The van der Waals surface area contributed by atoms with Gasteiger partial charge in [0.25, 0.3) is 0 Å². The van der Waals surface area contributed by atoms with Crippen molar-refractivity contribution in [1.29, 1.82) is 0 Å². The molecule has 6 nitrogen and oxygen atoms in total. The summed E-state index contributed by atoms with van der Waals surface area (Å²) in [4.78, 5) is 13.2. The number of hydrogen-bond donors (Lipinski definition) is 1. The van der Waals surface area contributed by atoms with Crippen LogP contribution >= 0.6 is 0 Å². The highest BCUT2D eigenvalue weighted by molar-refractivity contribution is 5.59. The van der Waals surface area contributed by atoms with Crippen LogP contribution in [0.2, 0.25) is 0 Å². The minimum atomic E-state index is 0.189. The Kier molecular flexibility index (Phi) is 5.10. The third-order valence-corrected chi connectivity index (χ3v) is 4.44. The van der Waals surface area contributed by atoms with Crippen molar-refractivity contribution in [2.24, 2.45) is 0 Å². The van der Waals surface area contributed by atoms with Crippen LogP contribution < -0.4 is 5.32 Å². The van der Waals surface area contributed by atoms with Crippen LogP contribution in [0, 0.1) is 6.92 Å². The second-order valence-corrected chi connectivity index (χ2v) is 6.89. The summed E-state index contributed by atoms with van der Waals surface area (Å²) >= 11 is 0. The number of aromatic nitrogens is 5.